The molecule has 1 saturated carbocycles. The average molecular weight is 344 g/mol. The van der Waals surface area contributed by atoms with E-state index >= 15 is 0 Å². The van der Waals surface area contributed by atoms with Crippen LogP contribution < -0.4 is 5.32 Å². The summed E-state index contributed by atoms with van der Waals surface area (Å²) in [6.45, 7) is 7.74. The van der Waals surface area contributed by atoms with Crippen LogP contribution >= 0.6 is 0 Å². The molecule has 1 aliphatic carbocycles. The SMILES string of the molecule is Cc1cc(NC2CCC(CC(=O)OC(C)(C)C)CC2)n2nccc2n1. The van der Waals surface area contributed by atoms with E-state index in [1.165, 1.54) is 0 Å². The van der Waals surface area contributed by atoms with Crippen LogP contribution in [0.2, 0.25) is 0 Å². The Morgan fingerprint density at radius 1 is 1.32 bits per heavy atom. The third-order valence-electron chi connectivity index (χ3n) is 4.56. The maximum absolute atomic E-state index is 12.0. The second kappa shape index (κ2) is 7.02. The first-order valence-corrected chi connectivity index (χ1v) is 9.10. The largest absolute Gasteiger partial charge is 0.460 e. The second-order valence-electron chi connectivity index (χ2n) is 8.04. The molecule has 0 saturated heterocycles. The highest BCUT2D eigenvalue weighted by molar-refractivity contribution is 5.70. The van der Waals surface area contributed by atoms with Gasteiger partial charge in [-0.25, -0.2) is 4.98 Å². The number of nitrogens with one attached hydrogen (secondary N) is 1. The first kappa shape index (κ1) is 17.7. The summed E-state index contributed by atoms with van der Waals surface area (Å²) in [6, 6.07) is 4.35. The minimum absolute atomic E-state index is 0.0769. The Kier molecular flexibility index (Phi) is 4.97. The molecule has 1 fully saturated rings. The van der Waals surface area contributed by atoms with Gasteiger partial charge in [-0.3, -0.25) is 4.79 Å². The zero-order valence-electron chi connectivity index (χ0n) is 15.6. The Morgan fingerprint density at radius 2 is 2.04 bits per heavy atom. The molecule has 0 atom stereocenters. The van der Waals surface area contributed by atoms with Crippen molar-refractivity contribution in [3.63, 3.8) is 0 Å². The molecule has 2 aromatic rings. The molecule has 0 aliphatic heterocycles. The highest BCUT2D eigenvalue weighted by Crippen LogP contribution is 2.29. The number of carbonyl (C=O) groups excluding carboxylic acids is 1. The van der Waals surface area contributed by atoms with Crippen molar-refractivity contribution in [3.05, 3.63) is 24.0 Å². The molecule has 25 heavy (non-hydrogen) atoms. The molecule has 0 aromatic carbocycles. The van der Waals surface area contributed by atoms with Gasteiger partial charge in [0.15, 0.2) is 5.65 Å². The molecule has 2 heterocycles. The number of aromatic nitrogens is 3. The van der Waals surface area contributed by atoms with E-state index < -0.39 is 5.60 Å². The smallest absolute Gasteiger partial charge is 0.306 e. The van der Waals surface area contributed by atoms with Crippen molar-refractivity contribution in [2.45, 2.75) is 71.4 Å². The van der Waals surface area contributed by atoms with Crippen molar-refractivity contribution >= 4 is 17.4 Å². The minimum atomic E-state index is -0.399. The van der Waals surface area contributed by atoms with E-state index in [2.05, 4.69) is 15.4 Å². The van der Waals surface area contributed by atoms with Crippen molar-refractivity contribution in [1.29, 1.82) is 0 Å². The average Bonchev–Trinajstić information content (AvgIpc) is 2.95. The van der Waals surface area contributed by atoms with Gasteiger partial charge in [-0.2, -0.15) is 9.61 Å². The summed E-state index contributed by atoms with van der Waals surface area (Å²) in [4.78, 5) is 16.5. The molecule has 0 amide bonds. The zero-order valence-corrected chi connectivity index (χ0v) is 15.6. The summed E-state index contributed by atoms with van der Waals surface area (Å²) in [5, 5.41) is 7.95. The Balaban J connectivity index is 1.54. The summed E-state index contributed by atoms with van der Waals surface area (Å²) < 4.78 is 7.29. The summed E-state index contributed by atoms with van der Waals surface area (Å²) in [5.41, 5.74) is 1.44. The van der Waals surface area contributed by atoms with Crippen molar-refractivity contribution in [3.8, 4) is 0 Å². The molecule has 6 nitrogen and oxygen atoms in total. The van der Waals surface area contributed by atoms with Crippen molar-refractivity contribution in [2.24, 2.45) is 5.92 Å². The molecular weight excluding hydrogens is 316 g/mol. The van der Waals surface area contributed by atoms with Crippen LogP contribution in [0.4, 0.5) is 5.82 Å². The number of nitrogens with zero attached hydrogens (tertiary/aromatic N) is 3. The van der Waals surface area contributed by atoms with Crippen LogP contribution in [-0.2, 0) is 9.53 Å². The lowest BCUT2D eigenvalue weighted by atomic mass is 9.84. The fourth-order valence-corrected chi connectivity index (χ4v) is 3.48. The zero-order chi connectivity index (χ0) is 18.0. The van der Waals surface area contributed by atoms with Crippen molar-refractivity contribution < 1.29 is 9.53 Å². The second-order valence-corrected chi connectivity index (χ2v) is 8.04. The van der Waals surface area contributed by atoms with Gasteiger partial charge in [0, 0.05) is 30.3 Å². The van der Waals surface area contributed by atoms with Crippen LogP contribution in [0.25, 0.3) is 5.65 Å². The number of ether oxygens (including phenoxy) is 1. The van der Waals surface area contributed by atoms with Crippen LogP contribution in [0.15, 0.2) is 18.3 Å². The van der Waals surface area contributed by atoms with Gasteiger partial charge in [0.1, 0.15) is 11.4 Å². The number of rotatable bonds is 4. The lowest BCUT2D eigenvalue weighted by molar-refractivity contribution is -0.156. The molecular formula is C19H28N4O2. The van der Waals surface area contributed by atoms with E-state index in [-0.39, 0.29) is 5.97 Å². The number of esters is 1. The topological polar surface area (TPSA) is 68.5 Å². The number of carbonyl (C=O) groups is 1. The maximum atomic E-state index is 12.0. The molecule has 6 heteroatoms. The third-order valence-corrected chi connectivity index (χ3v) is 4.56. The number of hydrogen-bond donors (Lipinski definition) is 1. The van der Waals surface area contributed by atoms with Gasteiger partial charge in [0.25, 0.3) is 0 Å². The van der Waals surface area contributed by atoms with Gasteiger partial charge in [0.05, 0.1) is 6.20 Å². The van der Waals surface area contributed by atoms with Gasteiger partial charge in [0.2, 0.25) is 0 Å². The molecule has 1 aliphatic rings. The van der Waals surface area contributed by atoms with Gasteiger partial charge in [-0.15, -0.1) is 0 Å². The lowest BCUT2D eigenvalue weighted by Crippen LogP contribution is -2.30. The van der Waals surface area contributed by atoms with Crippen LogP contribution in [0, 0.1) is 12.8 Å². The quantitative estimate of drug-likeness (QED) is 0.856. The number of fused-ring (bicyclic) bond motifs is 1. The molecule has 2 aromatic heterocycles. The lowest BCUT2D eigenvalue weighted by Gasteiger charge is -2.30. The summed E-state index contributed by atoms with van der Waals surface area (Å²) >= 11 is 0. The van der Waals surface area contributed by atoms with Gasteiger partial charge < -0.3 is 10.1 Å². The third kappa shape index (κ3) is 4.71. The summed E-state index contributed by atoms with van der Waals surface area (Å²) in [7, 11) is 0. The molecule has 136 valence electrons. The van der Waals surface area contributed by atoms with E-state index in [1.807, 2.05) is 44.3 Å². The Labute approximate surface area is 149 Å². The summed E-state index contributed by atoms with van der Waals surface area (Å²) in [5.74, 6) is 1.34. The number of anilines is 1. The monoisotopic (exact) mass is 344 g/mol. The van der Waals surface area contributed by atoms with Crippen LogP contribution in [0.5, 0.6) is 0 Å². The first-order valence-electron chi connectivity index (χ1n) is 9.10. The Hall–Kier alpha value is -2.11. The molecule has 0 radical (unpaired) electrons. The van der Waals surface area contributed by atoms with Crippen LogP contribution in [-0.4, -0.2) is 32.2 Å². The van der Waals surface area contributed by atoms with Gasteiger partial charge in [-0.05, 0) is 59.3 Å². The van der Waals surface area contributed by atoms with Gasteiger partial charge in [-0.1, -0.05) is 0 Å². The number of aryl methyl sites for hydroxylation is 1. The van der Waals surface area contributed by atoms with E-state index in [1.54, 1.807) is 6.20 Å². The highest BCUT2D eigenvalue weighted by Gasteiger charge is 2.26. The molecule has 1 N–H and O–H groups in total. The van der Waals surface area contributed by atoms with E-state index in [0.717, 1.165) is 42.8 Å². The standard InChI is InChI=1S/C19H28N4O2/c1-13-11-17(23-16(21-13)9-10-20-23)22-15-7-5-14(6-8-15)12-18(24)25-19(2,3)4/h9-11,14-15,22H,5-8,12H2,1-4H3. The molecule has 3 rings (SSSR count). The predicted octanol–water partition coefficient (Wildman–Crippen LogP) is 3.74. The first-order chi connectivity index (χ1) is 11.8. The summed E-state index contributed by atoms with van der Waals surface area (Å²) in [6.07, 6.45) is 6.49. The number of hydrogen-bond acceptors (Lipinski definition) is 5. The molecule has 0 unspecified atom stereocenters. The predicted molar refractivity (Wildman–Crippen MR) is 97.6 cm³/mol. The van der Waals surface area contributed by atoms with Crippen molar-refractivity contribution in [2.75, 3.05) is 5.32 Å². The normalized spacial score (nSPS) is 21.3. The van der Waals surface area contributed by atoms with E-state index in [0.29, 0.717) is 18.4 Å². The highest BCUT2D eigenvalue weighted by atomic mass is 16.6. The minimum Gasteiger partial charge on any atom is -0.460 e. The van der Waals surface area contributed by atoms with E-state index in [4.69, 9.17) is 4.74 Å². The van der Waals surface area contributed by atoms with Crippen molar-refractivity contribution in [1.82, 2.24) is 14.6 Å². The van der Waals surface area contributed by atoms with Gasteiger partial charge >= 0.3 is 5.97 Å². The van der Waals surface area contributed by atoms with Crippen LogP contribution in [0.3, 0.4) is 0 Å². The van der Waals surface area contributed by atoms with Crippen LogP contribution in [0.1, 0.15) is 58.6 Å². The molecule has 0 spiro atoms. The fourth-order valence-electron chi connectivity index (χ4n) is 3.48. The fraction of sp³-hybridized carbons (Fsp3) is 0.632. The van der Waals surface area contributed by atoms with E-state index in [9.17, 15) is 4.79 Å². The Bertz CT molecular complexity index is 739. The molecule has 0 bridgehead atoms. The Morgan fingerprint density at radius 3 is 2.72 bits per heavy atom. The maximum Gasteiger partial charge on any atom is 0.306 e.